The van der Waals surface area contributed by atoms with Crippen molar-refractivity contribution in [3.8, 4) is 57.3 Å². The van der Waals surface area contributed by atoms with Gasteiger partial charge in [-0.1, -0.05) is 0 Å². The molecule has 0 bridgehead atoms. The Hall–Kier alpha value is -4.77. The Labute approximate surface area is 215 Å². The van der Waals surface area contributed by atoms with Crippen LogP contribution in [0.4, 0.5) is 0 Å². The van der Waals surface area contributed by atoms with E-state index in [1.54, 1.807) is 24.3 Å². The monoisotopic (exact) mass is 524 g/mol. The number of phenols is 3. The maximum absolute atomic E-state index is 12.8. The smallest absolute Gasteiger partial charge is 0.204 e. The van der Waals surface area contributed by atoms with Gasteiger partial charge in [0, 0.05) is 29.3 Å². The van der Waals surface area contributed by atoms with E-state index in [1.165, 1.54) is 33.5 Å². The normalized spacial score (nSPS) is 16.3. The standard InChI is InChI=1S/C27H24O11/c1-33-19-6-13(7-20(34-2)25(19)32)26-23(11-28)38-27-21(35-3)4-12(5-22(27)37-26)17-10-16(31)24-15(30)8-14(29)9-18(24)36-17/h4-10,23,26,28-30,32H,11H2,1-3H3/t23-,26-/m1/s1. The highest BCUT2D eigenvalue weighted by molar-refractivity contribution is 5.86. The molecule has 38 heavy (non-hydrogen) atoms. The molecule has 0 saturated carbocycles. The van der Waals surface area contributed by atoms with E-state index in [2.05, 4.69) is 0 Å². The number of aromatic hydroxyl groups is 3. The zero-order valence-corrected chi connectivity index (χ0v) is 20.5. The van der Waals surface area contributed by atoms with Crippen molar-refractivity contribution < 1.29 is 48.5 Å². The molecular weight excluding hydrogens is 500 g/mol. The van der Waals surface area contributed by atoms with E-state index in [0.29, 0.717) is 11.1 Å². The predicted molar refractivity (Wildman–Crippen MR) is 134 cm³/mol. The van der Waals surface area contributed by atoms with Gasteiger partial charge >= 0.3 is 0 Å². The van der Waals surface area contributed by atoms with E-state index in [1.807, 2.05) is 0 Å². The second kappa shape index (κ2) is 9.60. The van der Waals surface area contributed by atoms with Crippen molar-refractivity contribution in [3.05, 3.63) is 58.3 Å². The molecule has 0 spiro atoms. The third kappa shape index (κ3) is 4.12. The molecule has 0 amide bonds. The van der Waals surface area contributed by atoms with Crippen LogP contribution < -0.4 is 29.1 Å². The summed E-state index contributed by atoms with van der Waals surface area (Å²) < 4.78 is 34.1. The summed E-state index contributed by atoms with van der Waals surface area (Å²) in [6.07, 6.45) is -1.71. The number of rotatable bonds is 6. The minimum atomic E-state index is -0.856. The fourth-order valence-corrected chi connectivity index (χ4v) is 4.39. The highest BCUT2D eigenvalue weighted by Crippen LogP contribution is 2.49. The van der Waals surface area contributed by atoms with E-state index in [4.69, 9.17) is 28.1 Å². The van der Waals surface area contributed by atoms with Gasteiger partial charge in [-0.15, -0.1) is 0 Å². The van der Waals surface area contributed by atoms with Crippen LogP contribution in [0, 0.1) is 0 Å². The summed E-state index contributed by atoms with van der Waals surface area (Å²) in [6.45, 7) is -0.410. The van der Waals surface area contributed by atoms with Gasteiger partial charge in [-0.3, -0.25) is 4.79 Å². The van der Waals surface area contributed by atoms with Crippen molar-refractivity contribution in [1.29, 1.82) is 0 Å². The lowest BCUT2D eigenvalue weighted by Gasteiger charge is -2.34. The van der Waals surface area contributed by atoms with Gasteiger partial charge in [0.25, 0.3) is 0 Å². The molecule has 1 aliphatic heterocycles. The summed E-state index contributed by atoms with van der Waals surface area (Å²) in [4.78, 5) is 12.8. The first-order chi connectivity index (χ1) is 18.3. The van der Waals surface area contributed by atoms with Gasteiger partial charge in [0.15, 0.2) is 40.6 Å². The second-order valence-electron chi connectivity index (χ2n) is 8.47. The number of ether oxygens (including phenoxy) is 5. The number of methoxy groups -OCH3 is 3. The Morgan fingerprint density at radius 2 is 1.53 bits per heavy atom. The molecule has 0 aliphatic carbocycles. The summed E-state index contributed by atoms with van der Waals surface area (Å²) in [6, 6.07) is 9.70. The molecule has 0 radical (unpaired) electrons. The first-order valence-corrected chi connectivity index (χ1v) is 11.4. The Bertz CT molecular complexity index is 1570. The summed E-state index contributed by atoms with van der Waals surface area (Å²) in [5.74, 6) is 0.226. The van der Waals surface area contributed by atoms with Gasteiger partial charge in [0.1, 0.15) is 28.2 Å². The molecule has 3 aromatic carbocycles. The molecule has 11 heteroatoms. The molecule has 0 unspecified atom stereocenters. The molecule has 11 nitrogen and oxygen atoms in total. The summed E-state index contributed by atoms with van der Waals surface area (Å²) in [7, 11) is 4.21. The summed E-state index contributed by atoms with van der Waals surface area (Å²) >= 11 is 0. The fraction of sp³-hybridized carbons (Fsp3) is 0.222. The van der Waals surface area contributed by atoms with Crippen molar-refractivity contribution in [2.75, 3.05) is 27.9 Å². The fourth-order valence-electron chi connectivity index (χ4n) is 4.39. The number of benzene rings is 3. The SMILES string of the molecule is COc1cc([C@H]2Oc3cc(-c4cc(=O)c5c(O)cc(O)cc5o4)cc(OC)c3O[C@@H]2CO)cc(OC)c1O. The second-order valence-corrected chi connectivity index (χ2v) is 8.47. The topological polar surface area (TPSA) is 157 Å². The Kier molecular flexibility index (Phi) is 6.29. The van der Waals surface area contributed by atoms with Gasteiger partial charge in [-0.05, 0) is 24.3 Å². The van der Waals surface area contributed by atoms with Crippen molar-refractivity contribution in [3.63, 3.8) is 0 Å². The first kappa shape index (κ1) is 24.9. The van der Waals surface area contributed by atoms with E-state index in [9.17, 15) is 25.2 Å². The van der Waals surface area contributed by atoms with Crippen LogP contribution in [0.2, 0.25) is 0 Å². The van der Waals surface area contributed by atoms with E-state index < -0.39 is 30.0 Å². The molecule has 2 atom stereocenters. The van der Waals surface area contributed by atoms with Crippen LogP contribution in [0.15, 0.2) is 51.7 Å². The number of hydrogen-bond acceptors (Lipinski definition) is 11. The van der Waals surface area contributed by atoms with Gasteiger partial charge in [0.2, 0.25) is 11.5 Å². The van der Waals surface area contributed by atoms with Gasteiger partial charge in [0.05, 0.1) is 27.9 Å². The van der Waals surface area contributed by atoms with Crippen LogP contribution in [0.3, 0.4) is 0 Å². The van der Waals surface area contributed by atoms with E-state index >= 15 is 0 Å². The zero-order valence-electron chi connectivity index (χ0n) is 20.5. The third-order valence-electron chi connectivity index (χ3n) is 6.19. The molecular formula is C27H24O11. The quantitative estimate of drug-likeness (QED) is 0.293. The maximum Gasteiger partial charge on any atom is 0.204 e. The molecule has 5 rings (SSSR count). The lowest BCUT2D eigenvalue weighted by atomic mass is 10.0. The van der Waals surface area contributed by atoms with E-state index in [-0.39, 0.29) is 57.0 Å². The average Bonchev–Trinajstić information content (AvgIpc) is 2.91. The number of aliphatic hydroxyl groups excluding tert-OH is 1. The summed E-state index contributed by atoms with van der Waals surface area (Å²) in [5, 5.41) is 40.2. The highest BCUT2D eigenvalue weighted by Gasteiger charge is 2.36. The molecule has 2 heterocycles. The lowest BCUT2D eigenvalue weighted by molar-refractivity contribution is -0.0142. The van der Waals surface area contributed by atoms with E-state index in [0.717, 1.165) is 6.07 Å². The Balaban J connectivity index is 1.63. The maximum atomic E-state index is 12.8. The molecule has 0 fully saturated rings. The van der Waals surface area contributed by atoms with Crippen molar-refractivity contribution in [2.45, 2.75) is 12.2 Å². The van der Waals surface area contributed by atoms with Gasteiger partial charge < -0.3 is 48.5 Å². The molecule has 4 N–H and O–H groups in total. The van der Waals surface area contributed by atoms with Crippen LogP contribution in [-0.2, 0) is 0 Å². The molecule has 1 aliphatic rings. The van der Waals surface area contributed by atoms with Crippen LogP contribution >= 0.6 is 0 Å². The van der Waals surface area contributed by atoms with Crippen molar-refractivity contribution >= 4 is 11.0 Å². The number of fused-ring (bicyclic) bond motifs is 2. The van der Waals surface area contributed by atoms with Crippen molar-refractivity contribution in [1.82, 2.24) is 0 Å². The number of aliphatic hydroxyl groups is 1. The number of phenolic OH excluding ortho intramolecular Hbond substituents is 3. The number of hydrogen-bond donors (Lipinski definition) is 4. The van der Waals surface area contributed by atoms with Gasteiger partial charge in [-0.2, -0.15) is 0 Å². The predicted octanol–water partition coefficient (Wildman–Crippen LogP) is 3.48. The molecule has 4 aromatic rings. The highest BCUT2D eigenvalue weighted by atomic mass is 16.6. The molecule has 198 valence electrons. The third-order valence-corrected chi connectivity index (χ3v) is 6.19. The minimum Gasteiger partial charge on any atom is -0.508 e. The molecule has 1 aromatic heterocycles. The Morgan fingerprint density at radius 3 is 2.16 bits per heavy atom. The van der Waals surface area contributed by atoms with Crippen LogP contribution in [0.5, 0.6) is 46.0 Å². The minimum absolute atomic E-state index is 0.0136. The largest absolute Gasteiger partial charge is 0.508 e. The Morgan fingerprint density at radius 1 is 0.842 bits per heavy atom. The van der Waals surface area contributed by atoms with Crippen molar-refractivity contribution in [2.24, 2.45) is 0 Å². The average molecular weight is 524 g/mol. The van der Waals surface area contributed by atoms with Crippen LogP contribution in [0.25, 0.3) is 22.3 Å². The molecule has 0 saturated heterocycles. The summed E-state index contributed by atoms with van der Waals surface area (Å²) in [5.41, 5.74) is 0.344. The van der Waals surface area contributed by atoms with Crippen LogP contribution in [0.1, 0.15) is 11.7 Å². The van der Waals surface area contributed by atoms with Gasteiger partial charge in [-0.25, -0.2) is 0 Å². The lowest BCUT2D eigenvalue weighted by Crippen LogP contribution is -2.36. The van der Waals surface area contributed by atoms with Crippen LogP contribution in [-0.4, -0.2) is 54.5 Å². The first-order valence-electron chi connectivity index (χ1n) is 11.4. The zero-order chi connectivity index (χ0) is 27.1.